The molecule has 1 aliphatic carbocycles. The van der Waals surface area contributed by atoms with E-state index >= 15 is 0 Å². The van der Waals surface area contributed by atoms with Crippen molar-refractivity contribution in [3.8, 4) is 5.75 Å². The summed E-state index contributed by atoms with van der Waals surface area (Å²) in [6.07, 6.45) is -0.647. The summed E-state index contributed by atoms with van der Waals surface area (Å²) in [4.78, 5) is 11.9. The summed E-state index contributed by atoms with van der Waals surface area (Å²) in [5.41, 5.74) is 4.61. The van der Waals surface area contributed by atoms with E-state index in [1.807, 2.05) is 0 Å². The van der Waals surface area contributed by atoms with E-state index in [2.05, 4.69) is 5.32 Å². The molecule has 4 nitrogen and oxygen atoms in total. The van der Waals surface area contributed by atoms with Gasteiger partial charge in [-0.1, -0.05) is 12.8 Å². The quantitative estimate of drug-likeness (QED) is 0.856. The number of carbonyl (C=O) groups is 1. The van der Waals surface area contributed by atoms with Crippen LogP contribution in [-0.2, 0) is 11.0 Å². The molecule has 1 saturated carbocycles. The lowest BCUT2D eigenvalue weighted by atomic mass is 9.98. The third kappa shape index (κ3) is 5.28. The summed E-state index contributed by atoms with van der Waals surface area (Å²) in [6, 6.07) is 4.24. The number of hydrogen-bond acceptors (Lipinski definition) is 3. The second-order valence-corrected chi connectivity index (χ2v) is 5.55. The third-order valence-electron chi connectivity index (χ3n) is 3.91. The molecule has 0 atom stereocenters. The van der Waals surface area contributed by atoms with Crippen LogP contribution in [0, 0.1) is 0 Å². The van der Waals surface area contributed by atoms with Gasteiger partial charge in [-0.2, -0.15) is 13.2 Å². The van der Waals surface area contributed by atoms with Crippen LogP contribution < -0.4 is 15.8 Å². The Morgan fingerprint density at radius 2 is 1.78 bits per heavy atom. The van der Waals surface area contributed by atoms with Crippen LogP contribution in [0.3, 0.4) is 0 Å². The van der Waals surface area contributed by atoms with Gasteiger partial charge in [-0.05, 0) is 37.1 Å². The maximum atomic E-state index is 12.4. The molecular weight excluding hydrogens is 333 g/mol. The zero-order valence-corrected chi connectivity index (χ0v) is 13.3. The Hall–Kier alpha value is -1.47. The highest BCUT2D eigenvalue weighted by Crippen LogP contribution is 2.30. The Morgan fingerprint density at radius 3 is 2.26 bits per heavy atom. The molecule has 0 heterocycles. The fourth-order valence-electron chi connectivity index (χ4n) is 2.65. The summed E-state index contributed by atoms with van der Waals surface area (Å²) in [5.74, 6) is -0.0939. The van der Waals surface area contributed by atoms with Gasteiger partial charge in [0.15, 0.2) is 6.61 Å². The van der Waals surface area contributed by atoms with Crippen molar-refractivity contribution in [2.45, 2.75) is 37.4 Å². The molecular formula is C15H20ClF3N2O2. The van der Waals surface area contributed by atoms with Crippen molar-refractivity contribution in [1.29, 1.82) is 0 Å². The Kier molecular flexibility index (Phi) is 6.70. The van der Waals surface area contributed by atoms with Crippen molar-refractivity contribution in [1.82, 2.24) is 5.32 Å². The van der Waals surface area contributed by atoms with E-state index in [0.29, 0.717) is 6.54 Å². The molecule has 2 rings (SSSR count). The first kappa shape index (κ1) is 19.6. The molecule has 0 radical (unpaired) electrons. The van der Waals surface area contributed by atoms with Gasteiger partial charge in [0.05, 0.1) is 11.1 Å². The Balaban J connectivity index is 0.00000264. The van der Waals surface area contributed by atoms with Gasteiger partial charge in [0.1, 0.15) is 5.75 Å². The topological polar surface area (TPSA) is 64.3 Å². The van der Waals surface area contributed by atoms with Crippen LogP contribution in [0.2, 0.25) is 0 Å². The number of nitrogens with one attached hydrogen (secondary N) is 1. The van der Waals surface area contributed by atoms with E-state index in [1.54, 1.807) is 0 Å². The lowest BCUT2D eigenvalue weighted by molar-refractivity contribution is -0.137. The molecule has 1 aromatic rings. The van der Waals surface area contributed by atoms with Crippen LogP contribution >= 0.6 is 12.4 Å². The summed E-state index contributed by atoms with van der Waals surface area (Å²) >= 11 is 0. The molecule has 0 spiro atoms. The number of rotatable bonds is 5. The van der Waals surface area contributed by atoms with E-state index in [-0.39, 0.29) is 36.2 Å². The average Bonchev–Trinajstić information content (AvgIpc) is 2.94. The highest BCUT2D eigenvalue weighted by Gasteiger charge is 2.34. The first-order chi connectivity index (χ1) is 10.3. The van der Waals surface area contributed by atoms with Gasteiger partial charge in [-0.25, -0.2) is 0 Å². The van der Waals surface area contributed by atoms with Crippen LogP contribution in [0.5, 0.6) is 5.75 Å². The van der Waals surface area contributed by atoms with Crippen molar-refractivity contribution < 1.29 is 22.7 Å². The number of benzene rings is 1. The largest absolute Gasteiger partial charge is 0.484 e. The summed E-state index contributed by atoms with van der Waals surface area (Å²) in [5, 5.41) is 2.88. The van der Waals surface area contributed by atoms with Crippen molar-refractivity contribution in [3.63, 3.8) is 0 Å². The fourth-order valence-corrected chi connectivity index (χ4v) is 2.65. The van der Waals surface area contributed by atoms with Crippen LogP contribution in [0.25, 0.3) is 0 Å². The predicted molar refractivity (Wildman–Crippen MR) is 82.6 cm³/mol. The van der Waals surface area contributed by atoms with Crippen LogP contribution in [0.1, 0.15) is 31.2 Å². The summed E-state index contributed by atoms with van der Waals surface area (Å²) in [7, 11) is 0. The number of hydrogen-bond donors (Lipinski definition) is 2. The molecule has 1 fully saturated rings. The molecule has 0 aliphatic heterocycles. The first-order valence-corrected chi connectivity index (χ1v) is 7.16. The van der Waals surface area contributed by atoms with Crippen molar-refractivity contribution >= 4 is 18.3 Å². The summed E-state index contributed by atoms with van der Waals surface area (Å²) < 4.78 is 42.5. The zero-order valence-electron chi connectivity index (χ0n) is 12.5. The second kappa shape index (κ2) is 7.88. The van der Waals surface area contributed by atoms with Crippen LogP contribution in [0.15, 0.2) is 24.3 Å². The molecule has 3 N–H and O–H groups in total. The van der Waals surface area contributed by atoms with Gasteiger partial charge in [-0.15, -0.1) is 12.4 Å². The minimum Gasteiger partial charge on any atom is -0.484 e. The monoisotopic (exact) mass is 352 g/mol. The van der Waals surface area contributed by atoms with E-state index in [4.69, 9.17) is 10.5 Å². The fraction of sp³-hybridized carbons (Fsp3) is 0.533. The molecule has 1 aromatic carbocycles. The highest BCUT2D eigenvalue weighted by atomic mass is 35.5. The van der Waals surface area contributed by atoms with Gasteiger partial charge < -0.3 is 15.8 Å². The third-order valence-corrected chi connectivity index (χ3v) is 3.91. The van der Waals surface area contributed by atoms with Crippen molar-refractivity contribution in [2.24, 2.45) is 5.73 Å². The van der Waals surface area contributed by atoms with E-state index in [1.165, 1.54) is 12.1 Å². The van der Waals surface area contributed by atoms with Gasteiger partial charge in [0.25, 0.3) is 5.91 Å². The number of amides is 1. The van der Waals surface area contributed by atoms with Gasteiger partial charge in [-0.3, -0.25) is 4.79 Å². The minimum absolute atomic E-state index is 0. The Morgan fingerprint density at radius 1 is 1.22 bits per heavy atom. The van der Waals surface area contributed by atoms with Gasteiger partial charge in [0.2, 0.25) is 0 Å². The first-order valence-electron chi connectivity index (χ1n) is 7.16. The molecule has 8 heteroatoms. The highest BCUT2D eigenvalue weighted by molar-refractivity contribution is 5.85. The standard InChI is InChI=1S/C15H19F3N2O2.ClH/c16-15(17,18)11-3-5-12(6-4-11)22-9-13(21)20-14(10-19)7-1-2-8-14;/h3-6H,1-2,7-10,19H2,(H,20,21);1H. The number of nitrogens with two attached hydrogens (primary N) is 1. The SMILES string of the molecule is Cl.NCC1(NC(=O)COc2ccc(C(F)(F)F)cc2)CCCC1. The minimum atomic E-state index is -4.38. The molecule has 1 aliphatic rings. The molecule has 0 unspecified atom stereocenters. The Labute approximate surface area is 139 Å². The normalized spacial score (nSPS) is 16.5. The maximum Gasteiger partial charge on any atom is 0.416 e. The van der Waals surface area contributed by atoms with Crippen molar-refractivity contribution in [2.75, 3.05) is 13.2 Å². The van der Waals surface area contributed by atoms with Gasteiger partial charge >= 0.3 is 6.18 Å². The second-order valence-electron chi connectivity index (χ2n) is 5.55. The van der Waals surface area contributed by atoms with E-state index in [0.717, 1.165) is 37.8 Å². The van der Waals surface area contributed by atoms with E-state index < -0.39 is 11.7 Å². The lowest BCUT2D eigenvalue weighted by Crippen LogP contribution is -2.52. The van der Waals surface area contributed by atoms with Crippen LogP contribution in [-0.4, -0.2) is 24.6 Å². The zero-order chi connectivity index (χ0) is 16.2. The maximum absolute atomic E-state index is 12.4. The molecule has 0 aromatic heterocycles. The number of halogens is 4. The number of ether oxygens (including phenoxy) is 1. The lowest BCUT2D eigenvalue weighted by Gasteiger charge is -2.28. The Bertz CT molecular complexity index is 514. The molecule has 0 bridgehead atoms. The molecule has 0 saturated heterocycles. The molecule has 23 heavy (non-hydrogen) atoms. The van der Waals surface area contributed by atoms with E-state index in [9.17, 15) is 18.0 Å². The van der Waals surface area contributed by atoms with Crippen LogP contribution in [0.4, 0.5) is 13.2 Å². The molecule has 1 amide bonds. The van der Waals surface area contributed by atoms with Gasteiger partial charge in [0, 0.05) is 6.54 Å². The predicted octanol–water partition coefficient (Wildman–Crippen LogP) is 2.89. The van der Waals surface area contributed by atoms with Crippen molar-refractivity contribution in [3.05, 3.63) is 29.8 Å². The molecule has 130 valence electrons. The smallest absolute Gasteiger partial charge is 0.416 e. The average molecular weight is 353 g/mol. The number of alkyl halides is 3. The number of carbonyl (C=O) groups excluding carboxylic acids is 1. The summed E-state index contributed by atoms with van der Waals surface area (Å²) in [6.45, 7) is 0.131.